The fourth-order valence-electron chi connectivity index (χ4n) is 4.40. The Labute approximate surface area is 167 Å². The van der Waals surface area contributed by atoms with Crippen molar-refractivity contribution in [3.8, 4) is 0 Å². The van der Waals surface area contributed by atoms with Crippen LogP contribution in [0.5, 0.6) is 0 Å². The molecule has 146 valence electrons. The number of hydrogen-bond acceptors (Lipinski definition) is 5. The van der Waals surface area contributed by atoms with Gasteiger partial charge in [0.05, 0.1) is 26.4 Å². The molecule has 4 nitrogen and oxygen atoms in total. The fourth-order valence-corrected chi connectivity index (χ4v) is 5.43. The predicted octanol–water partition coefficient (Wildman–Crippen LogP) is 4.04. The average Bonchev–Trinajstić information content (AvgIpc) is 3.03. The van der Waals surface area contributed by atoms with Crippen LogP contribution in [0.1, 0.15) is 58.9 Å². The van der Waals surface area contributed by atoms with Crippen molar-refractivity contribution in [1.29, 1.82) is 0 Å². The number of piperidine rings is 1. The van der Waals surface area contributed by atoms with Crippen LogP contribution in [-0.4, -0.2) is 48.3 Å². The van der Waals surface area contributed by atoms with E-state index < -0.39 is 0 Å². The molecule has 2 saturated heterocycles. The zero-order valence-corrected chi connectivity index (χ0v) is 18.4. The van der Waals surface area contributed by atoms with Crippen LogP contribution >= 0.6 is 11.3 Å². The number of rotatable bonds is 2. The number of aromatic nitrogens is 1. The van der Waals surface area contributed by atoms with Gasteiger partial charge in [-0.25, -0.2) is 4.98 Å². The molecule has 1 aromatic heterocycles. The zero-order chi connectivity index (χ0) is 19.6. The normalized spacial score (nSPS) is 27.4. The highest BCUT2D eigenvalue weighted by Crippen LogP contribution is 2.40. The maximum atomic E-state index is 6.21. The third-order valence-electron chi connectivity index (χ3n) is 6.33. The van der Waals surface area contributed by atoms with Crippen molar-refractivity contribution in [2.75, 3.05) is 20.1 Å². The molecular weight excluding hydrogens is 355 g/mol. The summed E-state index contributed by atoms with van der Waals surface area (Å²) in [6.45, 7) is 15.3. The molecule has 1 atom stereocenters. The van der Waals surface area contributed by atoms with E-state index in [9.17, 15) is 0 Å². The van der Waals surface area contributed by atoms with Crippen LogP contribution in [-0.2, 0) is 9.31 Å². The van der Waals surface area contributed by atoms with Crippen LogP contribution in [0.4, 0.5) is 0 Å². The molecule has 2 aliphatic heterocycles. The molecule has 4 rings (SSSR count). The molecule has 0 aliphatic carbocycles. The molecule has 3 heterocycles. The minimum absolute atomic E-state index is 0.321. The Morgan fingerprint density at radius 3 is 2.41 bits per heavy atom. The topological polar surface area (TPSA) is 34.6 Å². The maximum absolute atomic E-state index is 6.21. The summed E-state index contributed by atoms with van der Waals surface area (Å²) in [4.78, 5) is 7.46. The summed E-state index contributed by atoms with van der Waals surface area (Å²) in [5, 5.41) is 1.26. The Morgan fingerprint density at radius 1 is 1.11 bits per heavy atom. The van der Waals surface area contributed by atoms with Gasteiger partial charge in [0.15, 0.2) is 0 Å². The largest absolute Gasteiger partial charge is 0.494 e. The lowest BCUT2D eigenvalue weighted by Crippen LogP contribution is -2.41. The second-order valence-electron chi connectivity index (χ2n) is 10.1. The standard InChI is InChI=1S/C21H31BN2O2S/c1-19(2)11-14(12-24(7)13-19)18-23-16-10-15(8-9-17(16)27-18)22-25-20(3,4)21(5,6)26-22/h8-10,14H,11-13H2,1-7H3. The lowest BCUT2D eigenvalue weighted by Gasteiger charge is -2.40. The van der Waals surface area contributed by atoms with Gasteiger partial charge in [-0.2, -0.15) is 0 Å². The summed E-state index contributed by atoms with van der Waals surface area (Å²) >= 11 is 1.84. The highest BCUT2D eigenvalue weighted by Gasteiger charge is 2.51. The Balaban J connectivity index is 1.61. The molecule has 0 saturated carbocycles. The lowest BCUT2D eigenvalue weighted by molar-refractivity contribution is 0.00578. The van der Waals surface area contributed by atoms with Crippen molar-refractivity contribution in [3.05, 3.63) is 23.2 Å². The van der Waals surface area contributed by atoms with Gasteiger partial charge in [0.1, 0.15) is 0 Å². The first-order valence-electron chi connectivity index (χ1n) is 9.90. The van der Waals surface area contributed by atoms with Gasteiger partial charge in [0.25, 0.3) is 0 Å². The fraction of sp³-hybridized carbons (Fsp3) is 0.667. The molecule has 0 radical (unpaired) electrons. The van der Waals surface area contributed by atoms with Crippen molar-refractivity contribution >= 4 is 34.1 Å². The summed E-state index contributed by atoms with van der Waals surface area (Å²) < 4.78 is 13.7. The second kappa shape index (κ2) is 6.28. The van der Waals surface area contributed by atoms with Crippen molar-refractivity contribution in [2.45, 2.75) is 65.1 Å². The summed E-state index contributed by atoms with van der Waals surface area (Å²) in [6, 6.07) is 6.45. The number of likely N-dealkylation sites (tertiary alicyclic amines) is 1. The van der Waals surface area contributed by atoms with Crippen LogP contribution in [0.2, 0.25) is 0 Å². The highest BCUT2D eigenvalue weighted by atomic mass is 32.1. The van der Waals surface area contributed by atoms with Crippen molar-refractivity contribution in [3.63, 3.8) is 0 Å². The molecule has 0 amide bonds. The Kier molecular flexibility index (Phi) is 4.51. The molecule has 1 aromatic carbocycles. The number of likely N-dealkylation sites (N-methyl/N-ethyl adjacent to an activating group) is 1. The highest BCUT2D eigenvalue weighted by molar-refractivity contribution is 7.18. The number of nitrogens with zero attached hydrogens (tertiary/aromatic N) is 2. The first kappa shape index (κ1) is 19.4. The van der Waals surface area contributed by atoms with Crippen LogP contribution in [0.15, 0.2) is 18.2 Å². The van der Waals surface area contributed by atoms with E-state index in [2.05, 4.69) is 71.7 Å². The van der Waals surface area contributed by atoms with Gasteiger partial charge in [-0.1, -0.05) is 19.9 Å². The summed E-state index contributed by atoms with van der Waals surface area (Å²) in [5.41, 5.74) is 1.81. The summed E-state index contributed by atoms with van der Waals surface area (Å²) in [7, 11) is 1.89. The van der Waals surface area contributed by atoms with Gasteiger partial charge in [0, 0.05) is 19.0 Å². The van der Waals surface area contributed by atoms with Crippen molar-refractivity contribution in [1.82, 2.24) is 9.88 Å². The third-order valence-corrected chi connectivity index (χ3v) is 7.53. The minimum Gasteiger partial charge on any atom is -0.399 e. The van der Waals surface area contributed by atoms with E-state index in [0.717, 1.165) is 24.1 Å². The number of benzene rings is 1. The quantitative estimate of drug-likeness (QED) is 0.730. The monoisotopic (exact) mass is 386 g/mol. The SMILES string of the molecule is CN1CC(c2nc3cc(B4OC(C)(C)C(C)(C)O4)ccc3s2)CC(C)(C)C1. The minimum atomic E-state index is -0.329. The van der Waals surface area contributed by atoms with Crippen LogP contribution in [0.3, 0.4) is 0 Å². The molecule has 2 aliphatic rings. The van der Waals surface area contributed by atoms with E-state index in [-0.39, 0.29) is 18.3 Å². The van der Waals surface area contributed by atoms with Gasteiger partial charge < -0.3 is 14.2 Å². The maximum Gasteiger partial charge on any atom is 0.494 e. The zero-order valence-electron chi connectivity index (χ0n) is 17.6. The first-order chi connectivity index (χ1) is 12.5. The molecule has 0 bridgehead atoms. The summed E-state index contributed by atoms with van der Waals surface area (Å²) in [5.74, 6) is 0.511. The van der Waals surface area contributed by atoms with Crippen LogP contribution in [0.25, 0.3) is 10.2 Å². The van der Waals surface area contributed by atoms with Crippen LogP contribution < -0.4 is 5.46 Å². The number of fused-ring (bicyclic) bond motifs is 1. The van der Waals surface area contributed by atoms with Gasteiger partial charge in [-0.15, -0.1) is 11.3 Å². The van der Waals surface area contributed by atoms with Gasteiger partial charge in [-0.05, 0) is 64.2 Å². The molecule has 2 fully saturated rings. The molecule has 6 heteroatoms. The van der Waals surface area contributed by atoms with Gasteiger partial charge >= 0.3 is 7.12 Å². The Bertz CT molecular complexity index is 845. The smallest absolute Gasteiger partial charge is 0.399 e. The van der Waals surface area contributed by atoms with E-state index >= 15 is 0 Å². The van der Waals surface area contributed by atoms with E-state index in [1.807, 2.05) is 11.3 Å². The number of hydrogen-bond donors (Lipinski definition) is 0. The molecular formula is C21H31BN2O2S. The number of thiazole rings is 1. The first-order valence-corrected chi connectivity index (χ1v) is 10.7. The molecule has 2 aromatic rings. The van der Waals surface area contributed by atoms with Crippen molar-refractivity contribution < 1.29 is 9.31 Å². The van der Waals surface area contributed by atoms with Crippen molar-refractivity contribution in [2.24, 2.45) is 5.41 Å². The lowest BCUT2D eigenvalue weighted by atomic mass is 9.79. The van der Waals surface area contributed by atoms with Gasteiger partial charge in [0.2, 0.25) is 0 Å². The van der Waals surface area contributed by atoms with E-state index in [4.69, 9.17) is 14.3 Å². The average molecular weight is 386 g/mol. The molecule has 27 heavy (non-hydrogen) atoms. The van der Waals surface area contributed by atoms with Gasteiger partial charge in [-0.3, -0.25) is 0 Å². The Hall–Kier alpha value is -0.945. The molecule has 0 spiro atoms. The van der Waals surface area contributed by atoms with E-state index in [0.29, 0.717) is 11.3 Å². The summed E-state index contributed by atoms with van der Waals surface area (Å²) in [6.07, 6.45) is 1.20. The third kappa shape index (κ3) is 3.57. The second-order valence-corrected chi connectivity index (χ2v) is 11.2. The predicted molar refractivity (Wildman–Crippen MR) is 114 cm³/mol. The molecule has 0 N–H and O–H groups in total. The van der Waals surface area contributed by atoms with Crippen LogP contribution in [0, 0.1) is 5.41 Å². The van der Waals surface area contributed by atoms with E-state index in [1.54, 1.807) is 0 Å². The molecule has 1 unspecified atom stereocenters. The Morgan fingerprint density at radius 2 is 1.78 bits per heavy atom. The van der Waals surface area contributed by atoms with E-state index in [1.165, 1.54) is 16.1 Å².